The first-order valence-electron chi connectivity index (χ1n) is 3.46. The smallest absolute Gasteiger partial charge is 0.185 e. The zero-order valence-corrected chi connectivity index (χ0v) is 6.10. The Kier molecular flexibility index (Phi) is 1.55. The Bertz CT molecular complexity index is 338. The zero-order chi connectivity index (χ0) is 8.55. The van der Waals surface area contributed by atoms with Crippen molar-refractivity contribution in [1.82, 2.24) is 5.43 Å². The normalized spacial score (nSPS) is 15.2. The third-order valence-corrected chi connectivity index (χ3v) is 1.66. The Labute approximate surface area is 68.6 Å². The topological polar surface area (TPSA) is 41.1 Å². The molecule has 0 spiro atoms. The maximum atomic E-state index is 12.6. The summed E-state index contributed by atoms with van der Waals surface area (Å²) in [4.78, 5) is 11.1. The van der Waals surface area contributed by atoms with Crippen LogP contribution in [-0.2, 0) is 0 Å². The highest BCUT2D eigenvalue weighted by atomic mass is 19.1. The lowest BCUT2D eigenvalue weighted by Crippen LogP contribution is -2.29. The fourth-order valence-corrected chi connectivity index (χ4v) is 1.09. The number of fused-ring (bicyclic) bond motifs is 1. The van der Waals surface area contributed by atoms with Gasteiger partial charge in [-0.1, -0.05) is 0 Å². The van der Waals surface area contributed by atoms with Gasteiger partial charge in [-0.2, -0.15) is 0 Å². The highest BCUT2D eigenvalue weighted by Crippen LogP contribution is 2.19. The van der Waals surface area contributed by atoms with Gasteiger partial charge in [-0.3, -0.25) is 4.79 Å². The van der Waals surface area contributed by atoms with E-state index >= 15 is 0 Å². The molecule has 0 aromatic heterocycles. The summed E-state index contributed by atoms with van der Waals surface area (Å²) in [5.74, 6) is -0.512. The Hall–Kier alpha value is -1.42. The summed E-state index contributed by atoms with van der Waals surface area (Å²) >= 11 is 0. The summed E-state index contributed by atoms with van der Waals surface area (Å²) in [6.07, 6.45) is 0. The average molecular weight is 165 g/mol. The molecule has 61 valence electrons. The molecule has 3 nitrogen and oxygen atoms in total. The van der Waals surface area contributed by atoms with Gasteiger partial charge in [-0.15, -0.1) is 0 Å². The molecule has 2 N–H and O–H groups in total. The van der Waals surface area contributed by atoms with Crippen LogP contribution in [0, 0.1) is 12.4 Å². The van der Waals surface area contributed by atoms with Crippen LogP contribution < -0.4 is 10.9 Å². The van der Waals surface area contributed by atoms with Gasteiger partial charge in [0, 0.05) is 5.56 Å². The van der Waals surface area contributed by atoms with Crippen molar-refractivity contribution >= 4 is 11.5 Å². The van der Waals surface area contributed by atoms with Gasteiger partial charge >= 0.3 is 0 Å². The molecule has 0 amide bonds. The summed E-state index contributed by atoms with van der Waals surface area (Å²) in [5.41, 5.74) is 6.15. The van der Waals surface area contributed by atoms with Crippen LogP contribution in [0.4, 0.5) is 10.1 Å². The number of ketones is 1. The van der Waals surface area contributed by atoms with E-state index < -0.39 is 0 Å². The van der Waals surface area contributed by atoms with Crippen LogP contribution in [0.1, 0.15) is 10.4 Å². The average Bonchev–Trinajstić information content (AvgIpc) is 2.04. The van der Waals surface area contributed by atoms with Crippen molar-refractivity contribution in [1.29, 1.82) is 0 Å². The molecule has 4 heteroatoms. The first-order chi connectivity index (χ1) is 5.77. The van der Waals surface area contributed by atoms with Crippen LogP contribution in [0.3, 0.4) is 0 Å². The van der Waals surface area contributed by atoms with Gasteiger partial charge in [0.05, 0.1) is 5.69 Å². The van der Waals surface area contributed by atoms with Crippen molar-refractivity contribution in [3.8, 4) is 0 Å². The SMILES string of the molecule is O=C1[CH]NNc2cc(F)ccc21. The number of anilines is 1. The monoisotopic (exact) mass is 165 g/mol. The second-order valence-corrected chi connectivity index (χ2v) is 2.47. The molecule has 0 unspecified atom stereocenters. The van der Waals surface area contributed by atoms with Gasteiger partial charge in [0.25, 0.3) is 0 Å². The molecule has 0 aliphatic carbocycles. The molecule has 1 aromatic carbocycles. The number of benzene rings is 1. The molecule has 0 saturated heterocycles. The van der Waals surface area contributed by atoms with Crippen molar-refractivity contribution in [2.45, 2.75) is 0 Å². The quantitative estimate of drug-likeness (QED) is 0.604. The number of hydrogen-bond donors (Lipinski definition) is 2. The van der Waals surface area contributed by atoms with Gasteiger partial charge < -0.3 is 5.43 Å². The number of nitrogens with one attached hydrogen (secondary N) is 2. The molecule has 1 aliphatic heterocycles. The molecule has 12 heavy (non-hydrogen) atoms. The molecule has 1 heterocycles. The van der Waals surface area contributed by atoms with E-state index in [-0.39, 0.29) is 11.6 Å². The van der Waals surface area contributed by atoms with Gasteiger partial charge in [-0.25, -0.2) is 9.82 Å². The molecule has 0 atom stereocenters. The third kappa shape index (κ3) is 1.06. The molecule has 2 rings (SSSR count). The van der Waals surface area contributed by atoms with E-state index in [1.54, 1.807) is 0 Å². The highest BCUT2D eigenvalue weighted by Gasteiger charge is 2.16. The molecular formula is C8H6FN2O. The van der Waals surface area contributed by atoms with E-state index in [2.05, 4.69) is 10.9 Å². The van der Waals surface area contributed by atoms with Crippen LogP contribution in [0.15, 0.2) is 18.2 Å². The Morgan fingerprint density at radius 3 is 3.00 bits per heavy atom. The number of rotatable bonds is 0. The van der Waals surface area contributed by atoms with Crippen LogP contribution in [-0.4, -0.2) is 5.78 Å². The van der Waals surface area contributed by atoms with E-state index in [9.17, 15) is 9.18 Å². The van der Waals surface area contributed by atoms with Crippen molar-refractivity contribution < 1.29 is 9.18 Å². The predicted octanol–water partition coefficient (Wildman–Crippen LogP) is 1.10. The first-order valence-corrected chi connectivity index (χ1v) is 3.46. The van der Waals surface area contributed by atoms with Gasteiger partial charge in [-0.05, 0) is 18.2 Å². The van der Waals surface area contributed by atoms with Gasteiger partial charge in [0.1, 0.15) is 12.4 Å². The summed E-state index contributed by atoms with van der Waals surface area (Å²) < 4.78 is 12.6. The number of carbonyl (C=O) groups excluding carboxylic acids is 1. The third-order valence-electron chi connectivity index (χ3n) is 1.66. The van der Waals surface area contributed by atoms with E-state index in [1.807, 2.05) is 0 Å². The Morgan fingerprint density at radius 1 is 1.33 bits per heavy atom. The van der Waals surface area contributed by atoms with Crippen LogP contribution in [0.25, 0.3) is 0 Å². The number of halogens is 1. The lowest BCUT2D eigenvalue weighted by Gasteiger charge is -2.16. The molecule has 0 saturated carbocycles. The highest BCUT2D eigenvalue weighted by molar-refractivity contribution is 6.07. The molecule has 0 bridgehead atoms. The predicted molar refractivity (Wildman–Crippen MR) is 41.8 cm³/mol. The zero-order valence-electron chi connectivity index (χ0n) is 6.10. The molecule has 0 fully saturated rings. The lowest BCUT2D eigenvalue weighted by molar-refractivity contribution is 0.102. The van der Waals surface area contributed by atoms with Crippen LogP contribution in [0.5, 0.6) is 0 Å². The van der Waals surface area contributed by atoms with Crippen molar-refractivity contribution in [3.05, 3.63) is 36.1 Å². The first kappa shape index (κ1) is 7.24. The molecule has 1 radical (unpaired) electrons. The van der Waals surface area contributed by atoms with Crippen molar-refractivity contribution in [2.75, 3.05) is 5.43 Å². The summed E-state index contributed by atoms with van der Waals surface area (Å²) in [5, 5.41) is 0. The minimum absolute atomic E-state index is 0.149. The second kappa shape index (κ2) is 2.57. The van der Waals surface area contributed by atoms with E-state index in [0.717, 1.165) is 0 Å². The van der Waals surface area contributed by atoms with Crippen molar-refractivity contribution in [3.63, 3.8) is 0 Å². The van der Waals surface area contributed by atoms with Gasteiger partial charge in [0.2, 0.25) is 0 Å². The standard InChI is InChI=1S/C8H6FN2O/c9-5-1-2-6-7(3-5)11-10-4-8(6)12/h1-4,10-11H. The Morgan fingerprint density at radius 2 is 2.17 bits per heavy atom. The van der Waals surface area contributed by atoms with E-state index in [4.69, 9.17) is 0 Å². The second-order valence-electron chi connectivity index (χ2n) is 2.47. The maximum Gasteiger partial charge on any atom is 0.185 e. The van der Waals surface area contributed by atoms with Crippen LogP contribution in [0.2, 0.25) is 0 Å². The van der Waals surface area contributed by atoms with Gasteiger partial charge in [0.15, 0.2) is 5.78 Å². The van der Waals surface area contributed by atoms with E-state index in [0.29, 0.717) is 11.3 Å². The molecular weight excluding hydrogens is 159 g/mol. The summed E-state index contributed by atoms with van der Waals surface area (Å²) in [7, 11) is 0. The van der Waals surface area contributed by atoms with E-state index in [1.165, 1.54) is 24.7 Å². The minimum atomic E-state index is -0.363. The Balaban J connectivity index is 2.53. The fourth-order valence-electron chi connectivity index (χ4n) is 1.09. The largest absolute Gasteiger partial charge is 0.320 e. The summed E-state index contributed by atoms with van der Waals surface area (Å²) in [6.45, 7) is 1.29. The van der Waals surface area contributed by atoms with Crippen molar-refractivity contribution in [2.24, 2.45) is 0 Å². The maximum absolute atomic E-state index is 12.6. The number of carbonyl (C=O) groups is 1. The minimum Gasteiger partial charge on any atom is -0.320 e. The lowest BCUT2D eigenvalue weighted by atomic mass is 10.1. The summed E-state index contributed by atoms with van der Waals surface area (Å²) in [6, 6.07) is 3.99. The van der Waals surface area contributed by atoms with Crippen LogP contribution >= 0.6 is 0 Å². The molecule has 1 aromatic rings. The number of Topliss-reactive ketones (excluding diaryl/α,β-unsaturated/α-hetero) is 1. The number of hydrazine groups is 1. The number of hydrogen-bond acceptors (Lipinski definition) is 3. The fraction of sp³-hybridized carbons (Fsp3) is 0. The molecule has 1 aliphatic rings.